The van der Waals surface area contributed by atoms with Gasteiger partial charge in [0.05, 0.1) is 11.6 Å². The third-order valence-corrected chi connectivity index (χ3v) is 5.22. The number of nitrogens with one attached hydrogen (secondary N) is 1. The number of carbonyl (C=O) groups is 1. The van der Waals surface area contributed by atoms with E-state index in [4.69, 9.17) is 0 Å². The van der Waals surface area contributed by atoms with E-state index < -0.39 is 0 Å². The van der Waals surface area contributed by atoms with E-state index in [1.807, 2.05) is 29.3 Å². The number of piperidine rings is 1. The lowest BCUT2D eigenvalue weighted by atomic mass is 9.85. The molecular weight excluding hydrogens is 314 g/mol. The number of pyridine rings is 1. The van der Waals surface area contributed by atoms with Gasteiger partial charge in [0.2, 0.25) is 5.91 Å². The van der Waals surface area contributed by atoms with Gasteiger partial charge in [-0.05, 0) is 55.9 Å². The number of anilines is 1. The largest absolute Gasteiger partial charge is 0.366 e. The predicted octanol–water partition coefficient (Wildman–Crippen LogP) is 2.39. The van der Waals surface area contributed by atoms with Gasteiger partial charge in [0.25, 0.3) is 0 Å². The molecule has 25 heavy (non-hydrogen) atoms. The van der Waals surface area contributed by atoms with Crippen molar-refractivity contribution >= 4 is 11.7 Å². The van der Waals surface area contributed by atoms with Crippen LogP contribution in [0.4, 0.5) is 5.82 Å². The van der Waals surface area contributed by atoms with Crippen molar-refractivity contribution < 1.29 is 4.79 Å². The van der Waals surface area contributed by atoms with Crippen molar-refractivity contribution in [3.63, 3.8) is 0 Å². The third-order valence-electron chi connectivity index (χ3n) is 5.22. The highest BCUT2D eigenvalue weighted by Gasteiger charge is 2.32. The number of aryl methyl sites for hydroxylation is 1. The molecule has 1 unspecified atom stereocenters. The quantitative estimate of drug-likeness (QED) is 0.931. The van der Waals surface area contributed by atoms with Crippen LogP contribution in [0, 0.1) is 0 Å². The average molecular weight is 337 g/mol. The molecule has 1 N–H and O–H groups in total. The van der Waals surface area contributed by atoms with Crippen LogP contribution in [0.2, 0.25) is 0 Å². The van der Waals surface area contributed by atoms with Crippen molar-refractivity contribution in [3.05, 3.63) is 47.9 Å². The van der Waals surface area contributed by atoms with Gasteiger partial charge in [0.15, 0.2) is 0 Å². The van der Waals surface area contributed by atoms with Crippen LogP contribution in [-0.2, 0) is 11.2 Å². The molecule has 0 radical (unpaired) electrons. The molecule has 130 valence electrons. The molecular formula is C19H23N5O. The molecule has 1 saturated heterocycles. The Labute approximate surface area is 147 Å². The summed E-state index contributed by atoms with van der Waals surface area (Å²) in [5.41, 5.74) is 2.24. The van der Waals surface area contributed by atoms with Crippen molar-refractivity contribution in [2.75, 3.05) is 18.4 Å². The minimum Gasteiger partial charge on any atom is -0.366 e. The highest BCUT2D eigenvalue weighted by atomic mass is 16.2. The summed E-state index contributed by atoms with van der Waals surface area (Å²) in [5.74, 6) is 0.990. The molecule has 3 heterocycles. The summed E-state index contributed by atoms with van der Waals surface area (Å²) >= 11 is 0. The Morgan fingerprint density at radius 3 is 2.76 bits per heavy atom. The van der Waals surface area contributed by atoms with Crippen molar-refractivity contribution in [2.45, 2.75) is 44.1 Å². The lowest BCUT2D eigenvalue weighted by molar-refractivity contribution is -0.134. The minimum absolute atomic E-state index is 0.0607. The molecule has 1 atom stereocenters. The SMILES string of the molecule is O=C(C1CCCc2cccnc21)N1CCC(Nc2cccnn2)CC1. The van der Waals surface area contributed by atoms with Gasteiger partial charge in [0.1, 0.15) is 5.82 Å². The van der Waals surface area contributed by atoms with Gasteiger partial charge >= 0.3 is 0 Å². The summed E-state index contributed by atoms with van der Waals surface area (Å²) in [6.45, 7) is 1.57. The summed E-state index contributed by atoms with van der Waals surface area (Å²) in [4.78, 5) is 19.6. The van der Waals surface area contributed by atoms with Gasteiger partial charge in [-0.3, -0.25) is 9.78 Å². The van der Waals surface area contributed by atoms with E-state index in [0.29, 0.717) is 6.04 Å². The molecule has 1 aliphatic carbocycles. The third kappa shape index (κ3) is 3.48. The van der Waals surface area contributed by atoms with Gasteiger partial charge in [-0.25, -0.2) is 0 Å². The molecule has 6 heteroatoms. The summed E-state index contributed by atoms with van der Waals surface area (Å²) < 4.78 is 0. The van der Waals surface area contributed by atoms with Crippen molar-refractivity contribution in [1.82, 2.24) is 20.1 Å². The number of aromatic nitrogens is 3. The van der Waals surface area contributed by atoms with E-state index in [-0.39, 0.29) is 11.8 Å². The van der Waals surface area contributed by atoms with Crippen molar-refractivity contribution in [2.24, 2.45) is 0 Å². The fourth-order valence-electron chi connectivity index (χ4n) is 3.90. The molecule has 0 aromatic carbocycles. The molecule has 6 nitrogen and oxygen atoms in total. The maximum Gasteiger partial charge on any atom is 0.231 e. The molecule has 2 aromatic rings. The highest BCUT2D eigenvalue weighted by Crippen LogP contribution is 2.32. The Morgan fingerprint density at radius 1 is 1.12 bits per heavy atom. The predicted molar refractivity (Wildman–Crippen MR) is 95.2 cm³/mol. The number of rotatable bonds is 3. The molecule has 1 amide bonds. The maximum atomic E-state index is 13.0. The molecule has 0 saturated carbocycles. The summed E-state index contributed by atoms with van der Waals surface area (Å²) in [7, 11) is 0. The van der Waals surface area contributed by atoms with Gasteiger partial charge in [-0.1, -0.05) is 6.07 Å². The number of hydrogen-bond donors (Lipinski definition) is 1. The molecule has 2 aliphatic rings. The second kappa shape index (κ2) is 7.17. The molecule has 2 aromatic heterocycles. The average Bonchev–Trinajstić information content (AvgIpc) is 2.68. The van der Waals surface area contributed by atoms with E-state index in [2.05, 4.69) is 26.6 Å². The number of hydrogen-bond acceptors (Lipinski definition) is 5. The number of nitrogens with zero attached hydrogens (tertiary/aromatic N) is 4. The van der Waals surface area contributed by atoms with Crippen LogP contribution in [0.3, 0.4) is 0 Å². The highest BCUT2D eigenvalue weighted by molar-refractivity contribution is 5.84. The van der Waals surface area contributed by atoms with Crippen LogP contribution in [0.1, 0.15) is 42.9 Å². The van der Waals surface area contributed by atoms with E-state index in [1.165, 1.54) is 5.56 Å². The number of fused-ring (bicyclic) bond motifs is 1. The van der Waals surface area contributed by atoms with Crippen molar-refractivity contribution in [1.29, 1.82) is 0 Å². The first kappa shape index (κ1) is 16.0. The molecule has 1 aliphatic heterocycles. The molecule has 1 fully saturated rings. The normalized spacial score (nSPS) is 20.8. The van der Waals surface area contributed by atoms with E-state index >= 15 is 0 Å². The molecule has 0 spiro atoms. The molecule has 0 bridgehead atoms. The Balaban J connectivity index is 1.37. The first-order valence-corrected chi connectivity index (χ1v) is 9.08. The first-order chi connectivity index (χ1) is 12.3. The minimum atomic E-state index is -0.0607. The van der Waals surface area contributed by atoms with Crippen LogP contribution in [-0.4, -0.2) is 45.1 Å². The maximum absolute atomic E-state index is 13.0. The Kier molecular flexibility index (Phi) is 4.59. The Hall–Kier alpha value is -2.50. The van der Waals surface area contributed by atoms with E-state index in [9.17, 15) is 4.79 Å². The zero-order valence-electron chi connectivity index (χ0n) is 14.3. The fourth-order valence-corrected chi connectivity index (χ4v) is 3.90. The lowest BCUT2D eigenvalue weighted by Crippen LogP contribution is -2.45. The standard InChI is InChI=1S/C19H23N5O/c25-19(16-6-1-4-14-5-2-10-20-18(14)16)24-12-8-15(9-13-24)22-17-7-3-11-21-23-17/h2-3,5,7,10-11,15-16H,1,4,6,8-9,12-13H2,(H,22,23). The topological polar surface area (TPSA) is 71.0 Å². The van der Waals surface area contributed by atoms with Gasteiger partial charge in [0, 0.05) is 31.5 Å². The van der Waals surface area contributed by atoms with Crippen LogP contribution in [0.15, 0.2) is 36.7 Å². The van der Waals surface area contributed by atoms with Crippen LogP contribution in [0.5, 0.6) is 0 Å². The fraction of sp³-hybridized carbons (Fsp3) is 0.474. The number of carbonyl (C=O) groups excluding carboxylic acids is 1. The van der Waals surface area contributed by atoms with E-state index in [0.717, 1.165) is 56.7 Å². The smallest absolute Gasteiger partial charge is 0.231 e. The number of likely N-dealkylation sites (tertiary alicyclic amines) is 1. The van der Waals surface area contributed by atoms with Crippen molar-refractivity contribution in [3.8, 4) is 0 Å². The monoisotopic (exact) mass is 337 g/mol. The zero-order valence-corrected chi connectivity index (χ0v) is 14.3. The van der Waals surface area contributed by atoms with Gasteiger partial charge in [-0.2, -0.15) is 5.10 Å². The van der Waals surface area contributed by atoms with Gasteiger partial charge in [-0.15, -0.1) is 5.10 Å². The lowest BCUT2D eigenvalue weighted by Gasteiger charge is -2.35. The second-order valence-electron chi connectivity index (χ2n) is 6.85. The summed E-state index contributed by atoms with van der Waals surface area (Å²) in [6, 6.07) is 8.22. The van der Waals surface area contributed by atoms with Crippen LogP contribution < -0.4 is 5.32 Å². The van der Waals surface area contributed by atoms with Crippen LogP contribution >= 0.6 is 0 Å². The van der Waals surface area contributed by atoms with Crippen LogP contribution in [0.25, 0.3) is 0 Å². The zero-order chi connectivity index (χ0) is 17.1. The first-order valence-electron chi connectivity index (χ1n) is 9.08. The Bertz CT molecular complexity index is 728. The second-order valence-corrected chi connectivity index (χ2v) is 6.85. The Morgan fingerprint density at radius 2 is 1.96 bits per heavy atom. The molecule has 4 rings (SSSR count). The van der Waals surface area contributed by atoms with E-state index in [1.54, 1.807) is 6.20 Å². The summed E-state index contributed by atoms with van der Waals surface area (Å²) in [6.07, 6.45) is 8.37. The number of amides is 1. The van der Waals surface area contributed by atoms with Gasteiger partial charge < -0.3 is 10.2 Å². The summed E-state index contributed by atoms with van der Waals surface area (Å²) in [5, 5.41) is 11.4.